The monoisotopic (exact) mass is 302 g/mol. The Morgan fingerprint density at radius 1 is 0.632 bits per heavy atom. The summed E-state index contributed by atoms with van der Waals surface area (Å²) >= 11 is 0. The van der Waals surface area contributed by atoms with Crippen molar-refractivity contribution in [3.8, 4) is 0 Å². The van der Waals surface area contributed by atoms with Gasteiger partial charge < -0.3 is 9.80 Å². The van der Waals surface area contributed by atoms with Gasteiger partial charge in [0, 0.05) is 0 Å². The highest BCUT2D eigenvalue weighted by atomic mass is 28.3. The predicted molar refractivity (Wildman–Crippen MR) is 95.5 cm³/mol. The predicted octanol–water partition coefficient (Wildman–Crippen LogP) is 3.78. The van der Waals surface area contributed by atoms with Crippen molar-refractivity contribution in [3.05, 3.63) is 0 Å². The Morgan fingerprint density at radius 3 is 1.16 bits per heavy atom. The zero-order valence-electron chi connectivity index (χ0n) is 14.8. The van der Waals surface area contributed by atoms with Crippen LogP contribution in [-0.4, -0.2) is 64.5 Å². The minimum atomic E-state index is -0.946. The van der Waals surface area contributed by atoms with Crippen molar-refractivity contribution in [1.29, 1.82) is 0 Å². The second-order valence-corrected chi connectivity index (χ2v) is 19.1. The molecule has 0 aromatic heterocycles. The molecule has 0 aliphatic carbocycles. The molecule has 0 fully saturated rings. The van der Waals surface area contributed by atoms with Gasteiger partial charge in [-0.3, -0.25) is 0 Å². The summed E-state index contributed by atoms with van der Waals surface area (Å²) in [5, 5.41) is 0. The first-order valence-electron chi connectivity index (χ1n) is 8.02. The molecule has 0 radical (unpaired) electrons. The van der Waals surface area contributed by atoms with Gasteiger partial charge >= 0.3 is 0 Å². The quantitative estimate of drug-likeness (QED) is 0.567. The molecule has 19 heavy (non-hydrogen) atoms. The van der Waals surface area contributed by atoms with Crippen LogP contribution in [0.2, 0.25) is 39.3 Å². The number of nitrogens with zero attached hydrogens (tertiary/aromatic N) is 2. The van der Waals surface area contributed by atoms with Gasteiger partial charge in [0.25, 0.3) is 0 Å². The summed E-state index contributed by atoms with van der Waals surface area (Å²) in [6, 6.07) is 0. The molecule has 2 nitrogen and oxygen atoms in total. The first-order chi connectivity index (χ1) is 8.57. The van der Waals surface area contributed by atoms with Crippen LogP contribution in [0, 0.1) is 0 Å². The van der Waals surface area contributed by atoms with Crippen molar-refractivity contribution >= 4 is 16.1 Å². The zero-order chi connectivity index (χ0) is 15.1. The van der Waals surface area contributed by atoms with E-state index in [9.17, 15) is 0 Å². The highest BCUT2D eigenvalue weighted by Gasteiger charge is 2.19. The van der Waals surface area contributed by atoms with E-state index in [1.54, 1.807) is 0 Å². The molecule has 4 heteroatoms. The minimum absolute atomic E-state index is 0.946. The van der Waals surface area contributed by atoms with Crippen LogP contribution in [0.25, 0.3) is 0 Å². The maximum absolute atomic E-state index is 2.66. The Morgan fingerprint density at radius 2 is 0.947 bits per heavy atom. The molecule has 0 atom stereocenters. The topological polar surface area (TPSA) is 6.48 Å². The highest BCUT2D eigenvalue weighted by molar-refractivity contribution is 6.76. The van der Waals surface area contributed by atoms with Crippen molar-refractivity contribution in [1.82, 2.24) is 9.80 Å². The fourth-order valence-electron chi connectivity index (χ4n) is 2.56. The van der Waals surface area contributed by atoms with E-state index in [1.807, 2.05) is 0 Å². The van der Waals surface area contributed by atoms with Gasteiger partial charge in [-0.05, 0) is 44.9 Å². The Bertz CT molecular complexity index is 207. The minimum Gasteiger partial charge on any atom is -0.306 e. The van der Waals surface area contributed by atoms with E-state index < -0.39 is 16.1 Å². The molecule has 0 aromatic rings. The Labute approximate surface area is 124 Å². The maximum atomic E-state index is 2.66. The fraction of sp³-hybridized carbons (Fsp3) is 1.00. The van der Waals surface area contributed by atoms with Crippen LogP contribution in [0.4, 0.5) is 0 Å². The molecule has 0 unspecified atom stereocenters. The van der Waals surface area contributed by atoms with Crippen molar-refractivity contribution in [2.75, 3.05) is 38.5 Å². The Hall–Kier alpha value is 0.354. The standard InChI is InChI=1S/C15H38N2Si2/c1-9-16(14-18(3,4)5)12-11-13-17(10-2)15-19(6,7)8/h9-15H2,1-8H3. The first-order valence-corrected chi connectivity index (χ1v) is 15.4. The molecule has 0 N–H and O–H groups in total. The number of hydrogen-bond donors (Lipinski definition) is 0. The molecule has 0 amide bonds. The zero-order valence-corrected chi connectivity index (χ0v) is 16.8. The third-order valence-corrected chi connectivity index (χ3v) is 6.03. The van der Waals surface area contributed by atoms with Gasteiger partial charge in [-0.2, -0.15) is 0 Å². The average Bonchev–Trinajstić information content (AvgIpc) is 2.22. The lowest BCUT2D eigenvalue weighted by atomic mass is 10.3. The van der Waals surface area contributed by atoms with Gasteiger partial charge in [-0.25, -0.2) is 0 Å². The Balaban J connectivity index is 4.03. The van der Waals surface area contributed by atoms with Crippen LogP contribution in [0.15, 0.2) is 0 Å². The summed E-state index contributed by atoms with van der Waals surface area (Å²) in [7, 11) is -1.89. The van der Waals surface area contributed by atoms with Crippen LogP contribution < -0.4 is 0 Å². The lowest BCUT2D eigenvalue weighted by Crippen LogP contribution is -2.43. The third-order valence-electron chi connectivity index (χ3n) is 3.24. The summed E-state index contributed by atoms with van der Waals surface area (Å²) in [6.45, 7) is 24.4. The largest absolute Gasteiger partial charge is 0.306 e. The molecule has 0 saturated carbocycles. The van der Waals surface area contributed by atoms with Crippen LogP contribution in [0.5, 0.6) is 0 Å². The van der Waals surface area contributed by atoms with Gasteiger partial charge in [-0.15, -0.1) is 0 Å². The molecule has 0 rings (SSSR count). The third kappa shape index (κ3) is 11.8. The van der Waals surface area contributed by atoms with Crippen LogP contribution in [0.3, 0.4) is 0 Å². The molecular formula is C15H38N2Si2. The SMILES string of the molecule is CCN(CCCN(CC)C[Si](C)(C)C)C[Si](C)(C)C. The highest BCUT2D eigenvalue weighted by Crippen LogP contribution is 2.07. The smallest absolute Gasteiger partial charge is 0.0599 e. The number of rotatable bonds is 10. The van der Waals surface area contributed by atoms with Gasteiger partial charge in [-0.1, -0.05) is 53.1 Å². The summed E-state index contributed by atoms with van der Waals surface area (Å²) < 4.78 is 0. The lowest BCUT2D eigenvalue weighted by molar-refractivity contribution is 0.272. The molecule has 0 aliphatic rings. The van der Waals surface area contributed by atoms with Crippen molar-refractivity contribution in [3.63, 3.8) is 0 Å². The van der Waals surface area contributed by atoms with Gasteiger partial charge in [0.2, 0.25) is 0 Å². The summed E-state index contributed by atoms with van der Waals surface area (Å²) in [5.74, 6) is 0. The van der Waals surface area contributed by atoms with E-state index in [4.69, 9.17) is 0 Å². The van der Waals surface area contributed by atoms with Crippen molar-refractivity contribution < 1.29 is 0 Å². The van der Waals surface area contributed by atoms with E-state index in [1.165, 1.54) is 44.9 Å². The number of hydrogen-bond acceptors (Lipinski definition) is 2. The van der Waals surface area contributed by atoms with E-state index in [0.29, 0.717) is 0 Å². The second kappa shape index (κ2) is 8.60. The molecule has 116 valence electrons. The van der Waals surface area contributed by atoms with E-state index in [0.717, 1.165) is 0 Å². The molecule has 0 saturated heterocycles. The van der Waals surface area contributed by atoms with Crippen molar-refractivity contribution in [2.24, 2.45) is 0 Å². The molecule has 0 aromatic carbocycles. The Kier molecular flexibility index (Phi) is 8.76. The molecular weight excluding hydrogens is 264 g/mol. The average molecular weight is 303 g/mol. The first kappa shape index (κ1) is 19.4. The summed E-state index contributed by atoms with van der Waals surface area (Å²) in [4.78, 5) is 5.32. The lowest BCUT2D eigenvalue weighted by Gasteiger charge is -2.30. The summed E-state index contributed by atoms with van der Waals surface area (Å²) in [6.07, 6.45) is 4.03. The normalized spacial score (nSPS) is 13.6. The van der Waals surface area contributed by atoms with Gasteiger partial charge in [0.15, 0.2) is 0 Å². The van der Waals surface area contributed by atoms with E-state index in [2.05, 4.69) is 62.9 Å². The maximum Gasteiger partial charge on any atom is 0.0599 e. The molecule has 0 spiro atoms. The van der Waals surface area contributed by atoms with E-state index >= 15 is 0 Å². The fourth-order valence-corrected chi connectivity index (χ4v) is 6.00. The molecule has 0 aliphatic heterocycles. The van der Waals surface area contributed by atoms with Crippen molar-refractivity contribution in [2.45, 2.75) is 59.6 Å². The van der Waals surface area contributed by atoms with Crippen LogP contribution >= 0.6 is 0 Å². The van der Waals surface area contributed by atoms with E-state index in [-0.39, 0.29) is 0 Å². The second-order valence-electron chi connectivity index (χ2n) is 8.21. The van der Waals surface area contributed by atoms with Gasteiger partial charge in [0.05, 0.1) is 16.1 Å². The molecule has 0 bridgehead atoms. The molecule has 0 heterocycles. The summed E-state index contributed by atoms with van der Waals surface area (Å²) in [5.41, 5.74) is 0. The van der Waals surface area contributed by atoms with Crippen LogP contribution in [0.1, 0.15) is 20.3 Å². The van der Waals surface area contributed by atoms with Crippen LogP contribution in [-0.2, 0) is 0 Å². The van der Waals surface area contributed by atoms with Gasteiger partial charge in [0.1, 0.15) is 0 Å².